The first kappa shape index (κ1) is 23.1. The van der Waals surface area contributed by atoms with E-state index in [4.69, 9.17) is 4.74 Å². The highest BCUT2D eigenvalue weighted by Gasteiger charge is 2.29. The quantitative estimate of drug-likeness (QED) is 0.367. The van der Waals surface area contributed by atoms with Crippen LogP contribution in [0, 0.1) is 24.0 Å². The van der Waals surface area contributed by atoms with Crippen molar-refractivity contribution in [2.24, 2.45) is 0 Å². The third-order valence-electron chi connectivity index (χ3n) is 4.39. The van der Waals surface area contributed by atoms with Crippen LogP contribution in [0.5, 0.6) is 5.75 Å². The van der Waals surface area contributed by atoms with Gasteiger partial charge < -0.3 is 10.1 Å². The number of carbonyl (C=O) groups is 1. The van der Waals surface area contributed by atoms with E-state index in [9.17, 15) is 23.3 Å². The molecule has 0 aromatic heterocycles. The Morgan fingerprint density at radius 1 is 1.23 bits per heavy atom. The monoisotopic (exact) mass is 435 g/mol. The molecule has 0 heterocycles. The Hall–Kier alpha value is -3.14. The van der Waals surface area contributed by atoms with Gasteiger partial charge in [0.05, 0.1) is 23.4 Å². The van der Waals surface area contributed by atoms with Crippen LogP contribution in [0.15, 0.2) is 42.5 Å². The van der Waals surface area contributed by atoms with E-state index in [2.05, 4.69) is 5.32 Å². The fourth-order valence-electron chi connectivity index (χ4n) is 2.90. The Kier molecular flexibility index (Phi) is 7.38. The lowest BCUT2D eigenvalue weighted by atomic mass is 10.1. The fourth-order valence-corrected chi connectivity index (χ4v) is 4.06. The van der Waals surface area contributed by atoms with Crippen LogP contribution in [0.1, 0.15) is 18.1 Å². The summed E-state index contributed by atoms with van der Waals surface area (Å²) in [6.45, 7) is 5.66. The van der Waals surface area contributed by atoms with Gasteiger partial charge in [-0.15, -0.1) is 0 Å². The molecule has 0 saturated heterocycles. The first-order chi connectivity index (χ1) is 14.0. The third-order valence-corrected chi connectivity index (χ3v) is 5.63. The number of non-ortho nitro benzene ring substituents is 1. The second-order valence-electron chi connectivity index (χ2n) is 6.92. The summed E-state index contributed by atoms with van der Waals surface area (Å²) in [6.07, 6.45) is 0.944. The summed E-state index contributed by atoms with van der Waals surface area (Å²) in [7, 11) is -3.87. The van der Waals surface area contributed by atoms with Crippen molar-refractivity contribution >= 4 is 27.3 Å². The minimum absolute atomic E-state index is 0.0426. The molecule has 0 unspecified atom stereocenters. The van der Waals surface area contributed by atoms with Gasteiger partial charge in [0.2, 0.25) is 15.9 Å². The van der Waals surface area contributed by atoms with Crippen LogP contribution in [0.25, 0.3) is 0 Å². The average molecular weight is 436 g/mol. The molecule has 0 aliphatic carbocycles. The summed E-state index contributed by atoms with van der Waals surface area (Å²) < 4.78 is 31.1. The van der Waals surface area contributed by atoms with Gasteiger partial charge >= 0.3 is 0 Å². The number of carbonyl (C=O) groups excluding carboxylic acids is 1. The van der Waals surface area contributed by atoms with Crippen LogP contribution >= 0.6 is 0 Å². The number of rotatable bonds is 9. The molecule has 0 aliphatic rings. The van der Waals surface area contributed by atoms with E-state index in [0.717, 1.165) is 27.8 Å². The molecule has 1 atom stereocenters. The number of aryl methyl sites for hydroxylation is 2. The van der Waals surface area contributed by atoms with Crippen LogP contribution in [-0.4, -0.2) is 44.7 Å². The molecule has 30 heavy (non-hydrogen) atoms. The molecular formula is C20H25N3O6S. The van der Waals surface area contributed by atoms with Gasteiger partial charge in [0, 0.05) is 12.1 Å². The molecule has 0 spiro atoms. The van der Waals surface area contributed by atoms with Crippen molar-refractivity contribution in [2.75, 3.05) is 23.7 Å². The lowest BCUT2D eigenvalue weighted by molar-refractivity contribution is -0.384. The van der Waals surface area contributed by atoms with Crippen molar-refractivity contribution in [1.82, 2.24) is 5.32 Å². The van der Waals surface area contributed by atoms with Crippen LogP contribution < -0.4 is 14.4 Å². The molecule has 0 fully saturated rings. The first-order valence-corrected chi connectivity index (χ1v) is 11.1. The van der Waals surface area contributed by atoms with Crippen molar-refractivity contribution < 1.29 is 22.9 Å². The number of ether oxygens (including phenoxy) is 1. The van der Waals surface area contributed by atoms with Gasteiger partial charge in [0.1, 0.15) is 18.4 Å². The zero-order chi connectivity index (χ0) is 22.5. The summed E-state index contributed by atoms with van der Waals surface area (Å²) in [5.41, 5.74) is 1.79. The van der Waals surface area contributed by atoms with Gasteiger partial charge in [-0.3, -0.25) is 19.2 Å². The second-order valence-corrected chi connectivity index (χ2v) is 8.78. The molecule has 0 aliphatic heterocycles. The number of anilines is 1. The number of hydrogen-bond acceptors (Lipinski definition) is 6. The summed E-state index contributed by atoms with van der Waals surface area (Å²) in [5, 5.41) is 13.7. The van der Waals surface area contributed by atoms with Crippen LogP contribution in [-0.2, 0) is 14.8 Å². The summed E-state index contributed by atoms with van der Waals surface area (Å²) in [4.78, 5) is 22.9. The molecule has 0 bridgehead atoms. The van der Waals surface area contributed by atoms with Crippen LogP contribution in [0.2, 0.25) is 0 Å². The smallest absolute Gasteiger partial charge is 0.271 e. The molecule has 2 rings (SSSR count). The van der Waals surface area contributed by atoms with E-state index >= 15 is 0 Å². The SMILES string of the molecule is Cc1ccc(C)c(OCCNC(=O)[C@@H](C)N(c2cccc([N+](=O)[O-])c2)S(C)(=O)=O)c1. The van der Waals surface area contributed by atoms with Crippen molar-refractivity contribution in [3.05, 3.63) is 63.7 Å². The Balaban J connectivity index is 2.06. The molecule has 0 radical (unpaired) electrons. The highest BCUT2D eigenvalue weighted by Crippen LogP contribution is 2.25. The van der Waals surface area contributed by atoms with Gasteiger partial charge in [-0.2, -0.15) is 0 Å². The lowest BCUT2D eigenvalue weighted by Crippen LogP contribution is -2.48. The van der Waals surface area contributed by atoms with Gasteiger partial charge in [-0.05, 0) is 44.0 Å². The van der Waals surface area contributed by atoms with E-state index in [1.807, 2.05) is 32.0 Å². The topological polar surface area (TPSA) is 119 Å². The average Bonchev–Trinajstić information content (AvgIpc) is 2.66. The highest BCUT2D eigenvalue weighted by molar-refractivity contribution is 7.92. The molecule has 0 saturated carbocycles. The number of amides is 1. The first-order valence-electron chi connectivity index (χ1n) is 9.22. The standard InChI is InChI=1S/C20H25N3O6S/c1-14-8-9-15(2)19(12-14)29-11-10-21-20(24)16(3)22(30(4,27)28)17-6-5-7-18(13-17)23(25)26/h5-9,12-13,16H,10-11H2,1-4H3,(H,21,24)/t16-/m1/s1. The van der Waals surface area contributed by atoms with Crippen molar-refractivity contribution in [3.63, 3.8) is 0 Å². The second kappa shape index (κ2) is 9.57. The van der Waals surface area contributed by atoms with E-state index in [0.29, 0.717) is 5.75 Å². The van der Waals surface area contributed by atoms with E-state index in [1.54, 1.807) is 0 Å². The molecule has 1 N–H and O–H groups in total. The fraction of sp³-hybridized carbons (Fsp3) is 0.350. The zero-order valence-electron chi connectivity index (χ0n) is 17.3. The minimum atomic E-state index is -3.87. The molecule has 10 heteroatoms. The van der Waals surface area contributed by atoms with Gasteiger partial charge in [-0.1, -0.05) is 18.2 Å². The third kappa shape index (κ3) is 5.93. The predicted molar refractivity (Wildman–Crippen MR) is 114 cm³/mol. The van der Waals surface area contributed by atoms with E-state index in [-0.39, 0.29) is 24.5 Å². The van der Waals surface area contributed by atoms with Crippen LogP contribution in [0.3, 0.4) is 0 Å². The normalized spacial score (nSPS) is 12.1. The summed E-state index contributed by atoms with van der Waals surface area (Å²) in [6, 6.07) is 9.84. The maximum atomic E-state index is 12.5. The number of sulfonamides is 1. The van der Waals surface area contributed by atoms with Gasteiger partial charge in [0.15, 0.2) is 0 Å². The summed E-state index contributed by atoms with van der Waals surface area (Å²) in [5.74, 6) is 0.170. The largest absolute Gasteiger partial charge is 0.491 e. The van der Waals surface area contributed by atoms with E-state index in [1.165, 1.54) is 25.1 Å². The molecule has 2 aromatic rings. The Morgan fingerprint density at radius 2 is 1.93 bits per heavy atom. The maximum Gasteiger partial charge on any atom is 0.271 e. The molecular weight excluding hydrogens is 410 g/mol. The molecule has 1 amide bonds. The number of nitro groups is 1. The van der Waals surface area contributed by atoms with Gasteiger partial charge in [0.25, 0.3) is 5.69 Å². The summed E-state index contributed by atoms with van der Waals surface area (Å²) >= 11 is 0. The predicted octanol–water partition coefficient (Wildman–Crippen LogP) is 2.56. The number of hydrogen-bond donors (Lipinski definition) is 1. The van der Waals surface area contributed by atoms with E-state index < -0.39 is 26.9 Å². The Morgan fingerprint density at radius 3 is 2.57 bits per heavy atom. The number of nitro benzene ring substituents is 1. The maximum absolute atomic E-state index is 12.5. The van der Waals surface area contributed by atoms with Crippen molar-refractivity contribution in [2.45, 2.75) is 26.8 Å². The number of nitrogens with zero attached hydrogens (tertiary/aromatic N) is 2. The Labute approximate surface area is 175 Å². The zero-order valence-corrected chi connectivity index (χ0v) is 18.1. The van der Waals surface area contributed by atoms with Crippen molar-refractivity contribution in [1.29, 1.82) is 0 Å². The highest BCUT2D eigenvalue weighted by atomic mass is 32.2. The van der Waals surface area contributed by atoms with Crippen molar-refractivity contribution in [3.8, 4) is 5.75 Å². The lowest BCUT2D eigenvalue weighted by Gasteiger charge is -2.28. The minimum Gasteiger partial charge on any atom is -0.491 e. The molecule has 9 nitrogen and oxygen atoms in total. The Bertz CT molecular complexity index is 1040. The van der Waals surface area contributed by atoms with Gasteiger partial charge in [-0.25, -0.2) is 8.42 Å². The number of benzene rings is 2. The van der Waals surface area contributed by atoms with Crippen LogP contribution in [0.4, 0.5) is 11.4 Å². The number of nitrogens with one attached hydrogen (secondary N) is 1. The molecule has 2 aromatic carbocycles. The molecule has 162 valence electrons.